The third-order valence-corrected chi connectivity index (χ3v) is 3.64. The van der Waals surface area contributed by atoms with Gasteiger partial charge in [0.25, 0.3) is 0 Å². The van der Waals surface area contributed by atoms with E-state index in [4.69, 9.17) is 4.74 Å². The van der Waals surface area contributed by atoms with Crippen molar-refractivity contribution in [1.82, 2.24) is 5.32 Å². The average Bonchev–Trinajstić information content (AvgIpc) is 2.25. The van der Waals surface area contributed by atoms with Gasteiger partial charge in [0.05, 0.1) is 12.2 Å². The van der Waals surface area contributed by atoms with Gasteiger partial charge in [-0.05, 0) is 52.5 Å². The molecule has 1 atom stereocenters. The zero-order valence-electron chi connectivity index (χ0n) is 12.7. The van der Waals surface area contributed by atoms with Gasteiger partial charge in [-0.2, -0.15) is 0 Å². The van der Waals surface area contributed by atoms with Gasteiger partial charge in [-0.1, -0.05) is 29.8 Å². The second-order valence-corrected chi connectivity index (χ2v) is 6.72. The fourth-order valence-corrected chi connectivity index (χ4v) is 2.25. The van der Waals surface area contributed by atoms with Gasteiger partial charge in [0.2, 0.25) is 0 Å². The van der Waals surface area contributed by atoms with Crippen LogP contribution < -0.4 is 5.32 Å². The second kappa shape index (κ2) is 6.06. The maximum atomic E-state index is 6.26. The summed E-state index contributed by atoms with van der Waals surface area (Å²) < 4.78 is 6.26. The summed E-state index contributed by atoms with van der Waals surface area (Å²) in [5, 5.41) is 3.57. The first-order valence-corrected chi connectivity index (χ1v) is 7.41. The van der Waals surface area contributed by atoms with E-state index in [-0.39, 0.29) is 11.6 Å². The van der Waals surface area contributed by atoms with Gasteiger partial charge in [-0.25, -0.2) is 0 Å². The van der Waals surface area contributed by atoms with Crippen LogP contribution in [0.3, 0.4) is 0 Å². The minimum Gasteiger partial charge on any atom is -0.369 e. The minimum absolute atomic E-state index is 0.130. The highest BCUT2D eigenvalue weighted by Crippen LogP contribution is 2.29. The van der Waals surface area contributed by atoms with Crippen LogP contribution in [0.1, 0.15) is 57.3 Å². The zero-order chi connectivity index (χ0) is 13.9. The molecule has 1 fully saturated rings. The highest BCUT2D eigenvalue weighted by atomic mass is 16.5. The third-order valence-electron chi connectivity index (χ3n) is 3.64. The predicted molar refractivity (Wildman–Crippen MR) is 80.4 cm³/mol. The zero-order valence-corrected chi connectivity index (χ0v) is 12.7. The first kappa shape index (κ1) is 14.5. The molecular formula is C17H27NO. The number of benzene rings is 1. The Bertz CT molecular complexity index is 404. The average molecular weight is 261 g/mol. The van der Waals surface area contributed by atoms with E-state index in [0.29, 0.717) is 6.10 Å². The molecule has 0 aromatic heterocycles. The van der Waals surface area contributed by atoms with E-state index >= 15 is 0 Å². The van der Waals surface area contributed by atoms with Crippen LogP contribution in [0.4, 0.5) is 0 Å². The van der Waals surface area contributed by atoms with E-state index in [1.54, 1.807) is 0 Å². The molecule has 1 aromatic carbocycles. The number of aryl methyl sites for hydroxylation is 1. The maximum Gasteiger partial charge on any atom is 0.0953 e. The van der Waals surface area contributed by atoms with Crippen molar-refractivity contribution in [2.45, 2.75) is 64.7 Å². The number of nitrogens with one attached hydrogen (secondary N) is 1. The molecule has 0 radical (unpaired) electrons. The standard InChI is InChI=1S/C17H27NO/c1-13-7-5-8-14(11-13)16(12-18-17(2,3)4)19-15-9-6-10-15/h5,7-8,11,15-16,18H,6,9-10,12H2,1-4H3. The Hall–Kier alpha value is -0.860. The molecule has 2 heteroatoms. The summed E-state index contributed by atoms with van der Waals surface area (Å²) in [5.41, 5.74) is 2.73. The van der Waals surface area contributed by atoms with E-state index in [1.807, 2.05) is 0 Å². The Labute approximate surface area is 117 Å². The fraction of sp³-hybridized carbons (Fsp3) is 0.647. The van der Waals surface area contributed by atoms with Crippen molar-refractivity contribution in [3.05, 3.63) is 35.4 Å². The molecule has 1 aliphatic carbocycles. The van der Waals surface area contributed by atoms with Gasteiger partial charge in [0.1, 0.15) is 0 Å². The molecule has 1 N–H and O–H groups in total. The lowest BCUT2D eigenvalue weighted by atomic mass is 9.95. The minimum atomic E-state index is 0.130. The highest BCUT2D eigenvalue weighted by Gasteiger charge is 2.24. The summed E-state index contributed by atoms with van der Waals surface area (Å²) in [6, 6.07) is 8.69. The monoisotopic (exact) mass is 261 g/mol. The molecule has 0 bridgehead atoms. The van der Waals surface area contributed by atoms with Gasteiger partial charge in [0, 0.05) is 12.1 Å². The highest BCUT2D eigenvalue weighted by molar-refractivity contribution is 5.24. The number of rotatable bonds is 5. The van der Waals surface area contributed by atoms with Crippen LogP contribution in [0.5, 0.6) is 0 Å². The molecule has 0 aliphatic heterocycles. The molecule has 0 amide bonds. The summed E-state index contributed by atoms with van der Waals surface area (Å²) in [5.74, 6) is 0. The predicted octanol–water partition coefficient (Wildman–Crippen LogP) is 3.99. The normalized spacial score (nSPS) is 18.1. The summed E-state index contributed by atoms with van der Waals surface area (Å²) in [7, 11) is 0. The molecule has 1 aromatic rings. The molecule has 1 aliphatic rings. The van der Waals surface area contributed by atoms with E-state index in [1.165, 1.54) is 30.4 Å². The lowest BCUT2D eigenvalue weighted by Gasteiger charge is -2.33. The SMILES string of the molecule is Cc1cccc(C(CNC(C)(C)C)OC2CCC2)c1. The van der Waals surface area contributed by atoms with Gasteiger partial charge >= 0.3 is 0 Å². The van der Waals surface area contributed by atoms with E-state index < -0.39 is 0 Å². The Kier molecular flexibility index (Phi) is 4.64. The Morgan fingerprint density at radius 1 is 1.32 bits per heavy atom. The van der Waals surface area contributed by atoms with Crippen LogP contribution in [-0.2, 0) is 4.74 Å². The molecule has 0 spiro atoms. The van der Waals surface area contributed by atoms with Crippen molar-refractivity contribution in [2.24, 2.45) is 0 Å². The first-order chi connectivity index (χ1) is 8.94. The topological polar surface area (TPSA) is 21.3 Å². The lowest BCUT2D eigenvalue weighted by molar-refractivity contribution is -0.0538. The van der Waals surface area contributed by atoms with Crippen LogP contribution in [0.15, 0.2) is 24.3 Å². The van der Waals surface area contributed by atoms with Crippen LogP contribution in [-0.4, -0.2) is 18.2 Å². The Morgan fingerprint density at radius 2 is 2.05 bits per heavy atom. The summed E-state index contributed by atoms with van der Waals surface area (Å²) in [6.45, 7) is 9.61. The van der Waals surface area contributed by atoms with Crippen LogP contribution in [0.2, 0.25) is 0 Å². The van der Waals surface area contributed by atoms with Crippen molar-refractivity contribution in [1.29, 1.82) is 0 Å². The molecule has 0 heterocycles. The largest absolute Gasteiger partial charge is 0.369 e. The van der Waals surface area contributed by atoms with E-state index in [2.05, 4.69) is 57.3 Å². The molecule has 2 rings (SSSR count). The van der Waals surface area contributed by atoms with E-state index in [0.717, 1.165) is 6.54 Å². The van der Waals surface area contributed by atoms with Gasteiger partial charge in [-0.15, -0.1) is 0 Å². The summed E-state index contributed by atoms with van der Waals surface area (Å²) in [6.07, 6.45) is 4.39. The quantitative estimate of drug-likeness (QED) is 0.865. The van der Waals surface area contributed by atoms with Crippen molar-refractivity contribution < 1.29 is 4.74 Å². The van der Waals surface area contributed by atoms with Crippen LogP contribution in [0.25, 0.3) is 0 Å². The maximum absolute atomic E-state index is 6.26. The number of hydrogen-bond donors (Lipinski definition) is 1. The van der Waals surface area contributed by atoms with Gasteiger partial charge in [0.15, 0.2) is 0 Å². The smallest absolute Gasteiger partial charge is 0.0953 e. The molecule has 106 valence electrons. The Morgan fingerprint density at radius 3 is 2.58 bits per heavy atom. The van der Waals surface area contributed by atoms with Crippen molar-refractivity contribution in [3.63, 3.8) is 0 Å². The van der Waals surface area contributed by atoms with Crippen LogP contribution in [0, 0.1) is 6.92 Å². The number of ether oxygens (including phenoxy) is 1. The third kappa shape index (κ3) is 4.63. The molecule has 1 unspecified atom stereocenters. The molecule has 19 heavy (non-hydrogen) atoms. The lowest BCUT2D eigenvalue weighted by Crippen LogP contribution is -2.40. The Balaban J connectivity index is 2.04. The van der Waals surface area contributed by atoms with Crippen molar-refractivity contribution in [2.75, 3.05) is 6.54 Å². The number of hydrogen-bond acceptors (Lipinski definition) is 2. The molecule has 2 nitrogen and oxygen atoms in total. The van der Waals surface area contributed by atoms with Crippen molar-refractivity contribution >= 4 is 0 Å². The molecule has 1 saturated carbocycles. The van der Waals surface area contributed by atoms with E-state index in [9.17, 15) is 0 Å². The summed E-state index contributed by atoms with van der Waals surface area (Å²) >= 11 is 0. The van der Waals surface area contributed by atoms with Crippen molar-refractivity contribution in [3.8, 4) is 0 Å². The molecular weight excluding hydrogens is 234 g/mol. The van der Waals surface area contributed by atoms with Gasteiger partial charge < -0.3 is 10.1 Å². The first-order valence-electron chi connectivity index (χ1n) is 7.41. The molecule has 0 saturated heterocycles. The summed E-state index contributed by atoms with van der Waals surface area (Å²) in [4.78, 5) is 0. The second-order valence-electron chi connectivity index (χ2n) is 6.72. The fourth-order valence-electron chi connectivity index (χ4n) is 2.25. The van der Waals surface area contributed by atoms with Gasteiger partial charge in [-0.3, -0.25) is 0 Å². The van der Waals surface area contributed by atoms with Crippen LogP contribution >= 0.6 is 0 Å².